The van der Waals surface area contributed by atoms with Gasteiger partial charge in [0.25, 0.3) is 5.91 Å². The van der Waals surface area contributed by atoms with Crippen LogP contribution in [0, 0.1) is 0 Å². The van der Waals surface area contributed by atoms with Gasteiger partial charge in [0.1, 0.15) is 0 Å². The minimum atomic E-state index is -1.25. The molecule has 0 radical (unpaired) electrons. The molecule has 2 aromatic rings. The number of rotatable bonds is 6. The van der Waals surface area contributed by atoms with Gasteiger partial charge in [-0.3, -0.25) is 4.79 Å². The van der Waals surface area contributed by atoms with E-state index in [1.165, 1.54) is 4.90 Å². The van der Waals surface area contributed by atoms with E-state index in [-0.39, 0.29) is 6.54 Å². The Labute approximate surface area is 134 Å². The maximum absolute atomic E-state index is 12.8. The summed E-state index contributed by atoms with van der Waals surface area (Å²) in [5.74, 6) is -1.63. The number of aliphatic hydroxyl groups excluding tert-OH is 1. The minimum Gasteiger partial charge on any atom is -0.480 e. The molecule has 2 rings (SSSR count). The summed E-state index contributed by atoms with van der Waals surface area (Å²) >= 11 is 0. The predicted molar refractivity (Wildman–Crippen MR) is 87.1 cm³/mol. The number of aliphatic carboxylic acids is 1. The van der Waals surface area contributed by atoms with Gasteiger partial charge in [-0.25, -0.2) is 4.79 Å². The highest BCUT2D eigenvalue weighted by atomic mass is 16.4. The zero-order chi connectivity index (χ0) is 16.8. The van der Waals surface area contributed by atoms with Gasteiger partial charge in [0.05, 0.1) is 6.61 Å². The van der Waals surface area contributed by atoms with Crippen LogP contribution in [-0.2, 0) is 4.79 Å². The quantitative estimate of drug-likeness (QED) is 0.857. The first-order chi connectivity index (χ1) is 11.1. The van der Waals surface area contributed by atoms with Crippen molar-refractivity contribution in [3.8, 4) is 11.1 Å². The highest BCUT2D eigenvalue weighted by Gasteiger charge is 2.29. The summed E-state index contributed by atoms with van der Waals surface area (Å²) in [7, 11) is 0. The Morgan fingerprint density at radius 3 is 2.22 bits per heavy atom. The van der Waals surface area contributed by atoms with Gasteiger partial charge in [-0.05, 0) is 24.1 Å². The molecule has 0 saturated carbocycles. The molecule has 0 aliphatic carbocycles. The number of likely N-dealkylation sites (N-methyl/N-ethyl adjacent to an activating group) is 1. The Balaban J connectivity index is 2.45. The summed E-state index contributed by atoms with van der Waals surface area (Å²) in [5.41, 5.74) is 2.03. The van der Waals surface area contributed by atoms with Crippen LogP contribution in [0.1, 0.15) is 17.3 Å². The molecule has 120 valence electrons. The van der Waals surface area contributed by atoms with Gasteiger partial charge in [-0.2, -0.15) is 0 Å². The van der Waals surface area contributed by atoms with Gasteiger partial charge in [-0.1, -0.05) is 48.5 Å². The van der Waals surface area contributed by atoms with Crippen LogP contribution in [0.25, 0.3) is 11.1 Å². The van der Waals surface area contributed by atoms with Gasteiger partial charge in [0.2, 0.25) is 0 Å². The molecule has 0 heterocycles. The third-order valence-corrected chi connectivity index (χ3v) is 3.68. The van der Waals surface area contributed by atoms with E-state index in [1.54, 1.807) is 19.1 Å². The largest absolute Gasteiger partial charge is 0.480 e. The van der Waals surface area contributed by atoms with Crippen molar-refractivity contribution in [1.82, 2.24) is 4.90 Å². The van der Waals surface area contributed by atoms with Crippen LogP contribution < -0.4 is 0 Å². The first-order valence-electron chi connectivity index (χ1n) is 7.39. The molecule has 1 atom stereocenters. The minimum absolute atomic E-state index is 0.194. The third kappa shape index (κ3) is 3.57. The average Bonchev–Trinajstić information content (AvgIpc) is 2.59. The van der Waals surface area contributed by atoms with Crippen molar-refractivity contribution in [2.45, 2.75) is 13.0 Å². The van der Waals surface area contributed by atoms with Crippen molar-refractivity contribution in [3.63, 3.8) is 0 Å². The summed E-state index contributed by atoms with van der Waals surface area (Å²) in [4.78, 5) is 25.3. The summed E-state index contributed by atoms with van der Waals surface area (Å²) < 4.78 is 0. The number of hydrogen-bond acceptors (Lipinski definition) is 3. The van der Waals surface area contributed by atoms with Crippen LogP contribution in [-0.4, -0.2) is 46.2 Å². The van der Waals surface area contributed by atoms with Gasteiger partial charge in [0.15, 0.2) is 6.04 Å². The Hall–Kier alpha value is -2.66. The maximum atomic E-state index is 12.8. The number of benzene rings is 2. The van der Waals surface area contributed by atoms with Crippen LogP contribution in [0.4, 0.5) is 0 Å². The number of amides is 1. The molecule has 0 bridgehead atoms. The monoisotopic (exact) mass is 313 g/mol. The zero-order valence-electron chi connectivity index (χ0n) is 12.8. The van der Waals surface area contributed by atoms with E-state index in [0.29, 0.717) is 5.56 Å². The molecule has 0 saturated heterocycles. The molecule has 5 heteroatoms. The lowest BCUT2D eigenvalue weighted by molar-refractivity contribution is -0.143. The summed E-state index contributed by atoms with van der Waals surface area (Å²) in [6, 6.07) is 15.2. The van der Waals surface area contributed by atoms with Crippen LogP contribution >= 0.6 is 0 Å². The van der Waals surface area contributed by atoms with E-state index in [4.69, 9.17) is 0 Å². The lowest BCUT2D eigenvalue weighted by Gasteiger charge is -2.27. The van der Waals surface area contributed by atoms with E-state index >= 15 is 0 Å². The fraction of sp³-hybridized carbons (Fsp3) is 0.222. The normalized spacial score (nSPS) is 11.7. The van der Waals surface area contributed by atoms with Crippen molar-refractivity contribution >= 4 is 11.9 Å². The molecule has 2 N–H and O–H groups in total. The Morgan fingerprint density at radius 2 is 1.65 bits per heavy atom. The number of carboxylic acid groups (broad SMARTS) is 1. The topological polar surface area (TPSA) is 77.8 Å². The molecular weight excluding hydrogens is 294 g/mol. The van der Waals surface area contributed by atoms with Crippen LogP contribution in [0.15, 0.2) is 54.6 Å². The van der Waals surface area contributed by atoms with Crippen molar-refractivity contribution < 1.29 is 19.8 Å². The molecule has 23 heavy (non-hydrogen) atoms. The van der Waals surface area contributed by atoms with Crippen molar-refractivity contribution in [1.29, 1.82) is 0 Å². The maximum Gasteiger partial charge on any atom is 0.328 e. The lowest BCUT2D eigenvalue weighted by atomic mass is 9.98. The molecule has 5 nitrogen and oxygen atoms in total. The molecule has 0 fully saturated rings. The van der Waals surface area contributed by atoms with E-state index in [1.807, 2.05) is 42.5 Å². The molecule has 1 amide bonds. The summed E-state index contributed by atoms with van der Waals surface area (Å²) in [6.45, 7) is 1.26. The van der Waals surface area contributed by atoms with Gasteiger partial charge in [-0.15, -0.1) is 0 Å². The van der Waals surface area contributed by atoms with Crippen molar-refractivity contribution in [2.24, 2.45) is 0 Å². The van der Waals surface area contributed by atoms with E-state index in [0.717, 1.165) is 11.1 Å². The van der Waals surface area contributed by atoms with Crippen LogP contribution in [0.3, 0.4) is 0 Å². The summed E-state index contributed by atoms with van der Waals surface area (Å²) in [6.07, 6.45) is 0. The van der Waals surface area contributed by atoms with E-state index in [2.05, 4.69) is 0 Å². The molecule has 0 aromatic heterocycles. The molecule has 0 spiro atoms. The second-order valence-corrected chi connectivity index (χ2v) is 5.04. The molecule has 0 aliphatic heterocycles. The third-order valence-electron chi connectivity index (χ3n) is 3.68. The fourth-order valence-corrected chi connectivity index (χ4v) is 2.51. The molecule has 1 unspecified atom stereocenters. The average molecular weight is 313 g/mol. The number of carboxylic acids is 1. The first kappa shape index (κ1) is 16.7. The molecule has 2 aromatic carbocycles. The Bertz CT molecular complexity index is 684. The van der Waals surface area contributed by atoms with Crippen molar-refractivity contribution in [3.05, 3.63) is 60.2 Å². The summed E-state index contributed by atoms with van der Waals surface area (Å²) in [5, 5.41) is 18.5. The lowest BCUT2D eigenvalue weighted by Crippen LogP contribution is -2.47. The van der Waals surface area contributed by atoms with Crippen molar-refractivity contribution in [2.75, 3.05) is 13.2 Å². The Morgan fingerprint density at radius 1 is 1.04 bits per heavy atom. The number of aliphatic hydroxyl groups is 1. The highest BCUT2D eigenvalue weighted by Crippen LogP contribution is 2.25. The first-order valence-corrected chi connectivity index (χ1v) is 7.39. The van der Waals surface area contributed by atoms with Crippen LogP contribution in [0.5, 0.6) is 0 Å². The fourth-order valence-electron chi connectivity index (χ4n) is 2.51. The second-order valence-electron chi connectivity index (χ2n) is 5.04. The smallest absolute Gasteiger partial charge is 0.328 e. The SMILES string of the molecule is CCN(C(=O)c1ccccc1-c1ccccc1)C(CO)C(=O)O. The molecule has 0 aliphatic rings. The highest BCUT2D eigenvalue weighted by molar-refractivity contribution is 6.02. The zero-order valence-corrected chi connectivity index (χ0v) is 12.8. The number of hydrogen-bond donors (Lipinski definition) is 2. The second kappa shape index (κ2) is 7.56. The van der Waals surface area contributed by atoms with E-state index in [9.17, 15) is 19.8 Å². The van der Waals surface area contributed by atoms with Gasteiger partial charge >= 0.3 is 5.97 Å². The van der Waals surface area contributed by atoms with Gasteiger partial charge in [0, 0.05) is 12.1 Å². The number of carbonyl (C=O) groups excluding carboxylic acids is 1. The predicted octanol–water partition coefficient (Wildman–Crippen LogP) is 2.26. The Kier molecular flexibility index (Phi) is 5.49. The van der Waals surface area contributed by atoms with Gasteiger partial charge < -0.3 is 15.1 Å². The van der Waals surface area contributed by atoms with Crippen LogP contribution in [0.2, 0.25) is 0 Å². The number of nitrogens with zero attached hydrogens (tertiary/aromatic N) is 1. The number of carbonyl (C=O) groups is 2. The standard InChI is InChI=1S/C18H19NO4/c1-2-19(16(12-20)18(22)23)17(21)15-11-7-6-10-14(15)13-8-4-3-5-9-13/h3-11,16,20H,2,12H2,1H3,(H,22,23). The van der Waals surface area contributed by atoms with E-state index < -0.39 is 24.5 Å². The molecular formula is C18H19NO4.